The van der Waals surface area contributed by atoms with E-state index in [0.29, 0.717) is 29.2 Å². The van der Waals surface area contributed by atoms with Crippen molar-refractivity contribution in [1.82, 2.24) is 14.8 Å². The molecule has 2 aliphatic heterocycles. The van der Waals surface area contributed by atoms with E-state index in [9.17, 15) is 13.6 Å². The summed E-state index contributed by atoms with van der Waals surface area (Å²) < 4.78 is 34.1. The van der Waals surface area contributed by atoms with Crippen LogP contribution >= 0.6 is 0 Å². The van der Waals surface area contributed by atoms with Crippen LogP contribution in [0.25, 0.3) is 0 Å². The standard InChI is InChI=1S/C35H34F2N4O2/c1-25-6-16-30(17-7-25)43-31-18-23-40(24-19-31)21-4-22-41-33(32-5-2-3-20-38-32)39-35(34(41)42,26-8-12-28(36)13-9-26)27-10-14-29(37)15-11-27/h2-3,5-17,20,31H,4,18-19,21-24H2,1H3. The van der Waals surface area contributed by atoms with Gasteiger partial charge in [-0.15, -0.1) is 0 Å². The van der Waals surface area contributed by atoms with E-state index in [1.165, 1.54) is 29.8 Å². The second kappa shape index (κ2) is 12.4. The lowest BCUT2D eigenvalue weighted by Crippen LogP contribution is -2.44. The number of hydrogen-bond acceptors (Lipinski definition) is 5. The Morgan fingerprint density at radius 2 is 1.47 bits per heavy atom. The van der Waals surface area contributed by atoms with Gasteiger partial charge in [-0.1, -0.05) is 48.0 Å². The van der Waals surface area contributed by atoms with Crippen molar-refractivity contribution in [2.24, 2.45) is 4.99 Å². The molecule has 0 unspecified atom stereocenters. The van der Waals surface area contributed by atoms with Gasteiger partial charge < -0.3 is 9.64 Å². The number of likely N-dealkylation sites (tertiary alicyclic amines) is 1. The summed E-state index contributed by atoms with van der Waals surface area (Å²) in [5.41, 5.74) is 1.31. The van der Waals surface area contributed by atoms with Crippen LogP contribution in [0.1, 0.15) is 41.6 Å². The van der Waals surface area contributed by atoms with Crippen molar-refractivity contribution in [1.29, 1.82) is 0 Å². The van der Waals surface area contributed by atoms with Crippen molar-refractivity contribution in [3.05, 3.63) is 131 Å². The number of aliphatic imine (C=N–C) groups is 1. The van der Waals surface area contributed by atoms with E-state index in [1.54, 1.807) is 35.4 Å². The first-order valence-electron chi connectivity index (χ1n) is 14.7. The van der Waals surface area contributed by atoms with Gasteiger partial charge in [0, 0.05) is 25.8 Å². The number of ether oxygens (including phenoxy) is 1. The largest absolute Gasteiger partial charge is 0.490 e. The minimum Gasteiger partial charge on any atom is -0.490 e. The number of nitrogens with zero attached hydrogens (tertiary/aromatic N) is 4. The van der Waals surface area contributed by atoms with Crippen LogP contribution in [0.4, 0.5) is 8.78 Å². The molecule has 1 aromatic heterocycles. The van der Waals surface area contributed by atoms with E-state index in [4.69, 9.17) is 9.73 Å². The molecule has 3 heterocycles. The molecule has 0 aliphatic carbocycles. The number of carbonyl (C=O) groups is 1. The first-order valence-corrected chi connectivity index (χ1v) is 14.7. The van der Waals surface area contributed by atoms with Crippen LogP contribution in [0.3, 0.4) is 0 Å². The number of rotatable bonds is 9. The number of hydrogen-bond donors (Lipinski definition) is 0. The van der Waals surface area contributed by atoms with Crippen LogP contribution in [0.5, 0.6) is 5.75 Å². The summed E-state index contributed by atoms with van der Waals surface area (Å²) >= 11 is 0. The summed E-state index contributed by atoms with van der Waals surface area (Å²) in [6.45, 7) is 5.14. The average molecular weight is 581 g/mol. The van der Waals surface area contributed by atoms with E-state index in [1.807, 2.05) is 30.3 Å². The molecule has 0 saturated carbocycles. The Morgan fingerprint density at radius 1 is 0.837 bits per heavy atom. The SMILES string of the molecule is Cc1ccc(OC2CCN(CCCN3C(=O)C(c4ccc(F)cc4)(c4ccc(F)cc4)N=C3c3ccccn3)CC2)cc1. The summed E-state index contributed by atoms with van der Waals surface area (Å²) in [5.74, 6) is 0.259. The molecule has 3 aromatic carbocycles. The predicted octanol–water partition coefficient (Wildman–Crippen LogP) is 6.13. The Bertz CT molecular complexity index is 1520. The Hall–Kier alpha value is -4.43. The molecule has 0 radical (unpaired) electrons. The summed E-state index contributed by atoms with van der Waals surface area (Å²) in [4.78, 5) is 28.1. The molecular weight excluding hydrogens is 546 g/mol. The monoisotopic (exact) mass is 580 g/mol. The number of aryl methyl sites for hydroxylation is 1. The van der Waals surface area contributed by atoms with Crippen LogP contribution < -0.4 is 4.74 Å². The fourth-order valence-corrected chi connectivity index (χ4v) is 5.89. The van der Waals surface area contributed by atoms with Crippen molar-refractivity contribution < 1.29 is 18.3 Å². The predicted molar refractivity (Wildman–Crippen MR) is 162 cm³/mol. The van der Waals surface area contributed by atoms with E-state index in [-0.39, 0.29) is 12.0 Å². The average Bonchev–Trinajstić information content (AvgIpc) is 3.33. The highest BCUT2D eigenvalue weighted by Crippen LogP contribution is 2.41. The zero-order chi connectivity index (χ0) is 29.8. The molecule has 6 nitrogen and oxygen atoms in total. The summed E-state index contributed by atoms with van der Waals surface area (Å²) in [6, 6.07) is 25.2. The molecule has 0 atom stereocenters. The maximum Gasteiger partial charge on any atom is 0.265 e. The minimum absolute atomic E-state index is 0.189. The molecule has 1 saturated heterocycles. The fraction of sp³-hybridized carbons (Fsp3) is 0.286. The van der Waals surface area contributed by atoms with Crippen molar-refractivity contribution in [3.63, 3.8) is 0 Å². The number of benzene rings is 3. The molecule has 4 aromatic rings. The first-order chi connectivity index (χ1) is 20.9. The first kappa shape index (κ1) is 28.7. The Morgan fingerprint density at radius 3 is 2.05 bits per heavy atom. The van der Waals surface area contributed by atoms with E-state index < -0.39 is 17.2 Å². The zero-order valence-corrected chi connectivity index (χ0v) is 24.1. The van der Waals surface area contributed by atoms with E-state index in [0.717, 1.165) is 44.6 Å². The maximum absolute atomic E-state index is 14.5. The number of amidine groups is 1. The molecule has 0 bridgehead atoms. The fourth-order valence-electron chi connectivity index (χ4n) is 5.89. The number of aromatic nitrogens is 1. The van der Waals surface area contributed by atoms with Crippen LogP contribution in [0, 0.1) is 18.6 Å². The van der Waals surface area contributed by atoms with Crippen molar-refractivity contribution in [2.45, 2.75) is 37.8 Å². The minimum atomic E-state index is -1.49. The molecule has 8 heteroatoms. The molecule has 0 spiro atoms. The van der Waals surface area contributed by atoms with Crippen LogP contribution in [-0.4, -0.2) is 58.8 Å². The molecule has 1 amide bonds. The van der Waals surface area contributed by atoms with Gasteiger partial charge in [-0.05, 0) is 92.4 Å². The number of carbonyl (C=O) groups excluding carboxylic acids is 1. The molecule has 0 N–H and O–H groups in total. The Kier molecular flexibility index (Phi) is 8.29. The molecule has 2 aliphatic rings. The van der Waals surface area contributed by atoms with Gasteiger partial charge >= 0.3 is 0 Å². The van der Waals surface area contributed by atoms with Crippen molar-refractivity contribution >= 4 is 11.7 Å². The van der Waals surface area contributed by atoms with Gasteiger partial charge in [0.05, 0.1) is 0 Å². The quantitative estimate of drug-likeness (QED) is 0.239. The van der Waals surface area contributed by atoms with Crippen LogP contribution in [0.2, 0.25) is 0 Å². The molecule has 220 valence electrons. The van der Waals surface area contributed by atoms with Gasteiger partial charge in [0.15, 0.2) is 11.4 Å². The smallest absolute Gasteiger partial charge is 0.265 e. The van der Waals surface area contributed by atoms with Gasteiger partial charge in [-0.3, -0.25) is 14.7 Å². The lowest BCUT2D eigenvalue weighted by Gasteiger charge is -2.32. The third kappa shape index (κ3) is 6.06. The maximum atomic E-state index is 14.5. The lowest BCUT2D eigenvalue weighted by molar-refractivity contribution is -0.130. The zero-order valence-electron chi connectivity index (χ0n) is 24.1. The molecular formula is C35H34F2N4O2. The number of piperidine rings is 1. The molecule has 43 heavy (non-hydrogen) atoms. The van der Waals surface area contributed by atoms with Gasteiger partial charge in [-0.2, -0.15) is 0 Å². The number of pyridine rings is 1. The highest BCUT2D eigenvalue weighted by atomic mass is 19.1. The van der Waals surface area contributed by atoms with E-state index >= 15 is 0 Å². The second-order valence-corrected chi connectivity index (χ2v) is 11.2. The number of halogens is 2. The third-order valence-corrected chi connectivity index (χ3v) is 8.22. The third-order valence-electron chi connectivity index (χ3n) is 8.22. The van der Waals surface area contributed by atoms with Gasteiger partial charge in [0.2, 0.25) is 0 Å². The summed E-state index contributed by atoms with van der Waals surface area (Å²) in [7, 11) is 0. The lowest BCUT2D eigenvalue weighted by atomic mass is 9.82. The molecule has 6 rings (SSSR count). The highest BCUT2D eigenvalue weighted by molar-refractivity contribution is 6.16. The summed E-state index contributed by atoms with van der Waals surface area (Å²) in [6.07, 6.45) is 4.46. The normalized spacial score (nSPS) is 17.2. The van der Waals surface area contributed by atoms with Gasteiger partial charge in [0.25, 0.3) is 5.91 Å². The molecule has 1 fully saturated rings. The van der Waals surface area contributed by atoms with E-state index in [2.05, 4.69) is 28.9 Å². The van der Waals surface area contributed by atoms with Crippen molar-refractivity contribution in [3.8, 4) is 5.75 Å². The van der Waals surface area contributed by atoms with Gasteiger partial charge in [0.1, 0.15) is 29.2 Å². The summed E-state index contributed by atoms with van der Waals surface area (Å²) in [5, 5.41) is 0. The Balaban J connectivity index is 1.20. The van der Waals surface area contributed by atoms with Crippen LogP contribution in [-0.2, 0) is 10.3 Å². The number of amides is 1. The second-order valence-electron chi connectivity index (χ2n) is 11.2. The highest BCUT2D eigenvalue weighted by Gasteiger charge is 2.51. The van der Waals surface area contributed by atoms with Crippen LogP contribution in [0.15, 0.2) is 102 Å². The van der Waals surface area contributed by atoms with Gasteiger partial charge in [-0.25, -0.2) is 13.8 Å². The Labute approximate surface area is 250 Å². The van der Waals surface area contributed by atoms with Crippen molar-refractivity contribution in [2.75, 3.05) is 26.2 Å². The topological polar surface area (TPSA) is 58.0 Å².